The van der Waals surface area contributed by atoms with Gasteiger partial charge in [0.25, 0.3) is 0 Å². The number of hydrogen-bond donors (Lipinski definition) is 2. The lowest BCUT2D eigenvalue weighted by Gasteiger charge is -2.14. The van der Waals surface area contributed by atoms with Crippen LogP contribution in [0.5, 0.6) is 0 Å². The van der Waals surface area contributed by atoms with Gasteiger partial charge in [-0.05, 0) is 51.0 Å². The molecule has 0 aromatic carbocycles. The van der Waals surface area contributed by atoms with Gasteiger partial charge in [0, 0.05) is 18.8 Å². The first kappa shape index (κ1) is 14.4. The van der Waals surface area contributed by atoms with Crippen LogP contribution >= 0.6 is 0 Å². The second-order valence-electron chi connectivity index (χ2n) is 6.18. The Morgan fingerprint density at radius 2 is 2.05 bits per heavy atom. The van der Waals surface area contributed by atoms with Crippen LogP contribution in [0.15, 0.2) is 23.9 Å². The molecule has 0 amide bonds. The van der Waals surface area contributed by atoms with Crippen molar-refractivity contribution >= 4 is 11.8 Å². The summed E-state index contributed by atoms with van der Waals surface area (Å²) in [5.74, 6) is 1.70. The molecule has 0 radical (unpaired) electrons. The molecule has 1 saturated carbocycles. The minimum absolute atomic E-state index is 0.597. The third-order valence-electron chi connectivity index (χ3n) is 4.48. The summed E-state index contributed by atoms with van der Waals surface area (Å²) in [5, 5.41) is 6.87. The van der Waals surface area contributed by atoms with Gasteiger partial charge in [0.2, 0.25) is 5.95 Å². The van der Waals surface area contributed by atoms with Crippen LogP contribution < -0.4 is 10.6 Å². The maximum absolute atomic E-state index is 4.57. The Morgan fingerprint density at radius 3 is 2.86 bits per heavy atom. The molecule has 0 aliphatic heterocycles. The van der Waals surface area contributed by atoms with Crippen molar-refractivity contribution in [3.63, 3.8) is 0 Å². The van der Waals surface area contributed by atoms with E-state index in [1.165, 1.54) is 51.4 Å². The maximum Gasteiger partial charge on any atom is 0.224 e. The number of nitrogens with zero attached hydrogens (tertiary/aromatic N) is 2. The highest BCUT2D eigenvalue weighted by atomic mass is 15.1. The Hall–Kier alpha value is -1.58. The zero-order valence-electron chi connectivity index (χ0n) is 12.8. The molecule has 21 heavy (non-hydrogen) atoms. The number of aromatic nitrogens is 2. The van der Waals surface area contributed by atoms with Crippen molar-refractivity contribution in [2.45, 2.75) is 63.8 Å². The molecule has 3 rings (SSSR count). The van der Waals surface area contributed by atoms with Crippen molar-refractivity contribution < 1.29 is 0 Å². The first-order valence-electron chi connectivity index (χ1n) is 8.41. The summed E-state index contributed by atoms with van der Waals surface area (Å²) in [7, 11) is 0. The third-order valence-corrected chi connectivity index (χ3v) is 4.48. The third kappa shape index (κ3) is 4.45. The number of hydrogen-bond acceptors (Lipinski definition) is 4. The Morgan fingerprint density at radius 1 is 1.14 bits per heavy atom. The van der Waals surface area contributed by atoms with Crippen molar-refractivity contribution in [3.8, 4) is 0 Å². The quantitative estimate of drug-likeness (QED) is 0.772. The smallest absolute Gasteiger partial charge is 0.224 e. The molecular weight excluding hydrogens is 260 g/mol. The second kappa shape index (κ2) is 7.43. The summed E-state index contributed by atoms with van der Waals surface area (Å²) < 4.78 is 0. The lowest BCUT2D eigenvalue weighted by molar-refractivity contribution is 0.679. The van der Waals surface area contributed by atoms with E-state index in [1.54, 1.807) is 5.57 Å². The van der Waals surface area contributed by atoms with Crippen molar-refractivity contribution in [3.05, 3.63) is 23.9 Å². The van der Waals surface area contributed by atoms with Crippen LogP contribution in [0.1, 0.15) is 57.8 Å². The zero-order valence-corrected chi connectivity index (χ0v) is 12.8. The minimum atomic E-state index is 0.597. The molecule has 2 aliphatic carbocycles. The predicted octanol–water partition coefficient (Wildman–Crippen LogP) is 4.13. The molecule has 1 fully saturated rings. The van der Waals surface area contributed by atoms with Gasteiger partial charge in [0.05, 0.1) is 0 Å². The fourth-order valence-corrected chi connectivity index (χ4v) is 3.27. The molecule has 1 heterocycles. The van der Waals surface area contributed by atoms with E-state index in [-0.39, 0.29) is 0 Å². The highest BCUT2D eigenvalue weighted by Crippen LogP contribution is 2.22. The van der Waals surface area contributed by atoms with Crippen LogP contribution in [0.3, 0.4) is 0 Å². The van der Waals surface area contributed by atoms with Gasteiger partial charge in [-0.1, -0.05) is 24.5 Å². The molecule has 0 atom stereocenters. The summed E-state index contributed by atoms with van der Waals surface area (Å²) >= 11 is 0. The Balaban J connectivity index is 1.47. The molecule has 4 heteroatoms. The lowest BCUT2D eigenvalue weighted by atomic mass is 9.97. The topological polar surface area (TPSA) is 49.8 Å². The predicted molar refractivity (Wildman–Crippen MR) is 87.6 cm³/mol. The van der Waals surface area contributed by atoms with Gasteiger partial charge in [-0.3, -0.25) is 0 Å². The van der Waals surface area contributed by atoms with Gasteiger partial charge in [-0.2, -0.15) is 4.98 Å². The Bertz CT molecular complexity index is 477. The van der Waals surface area contributed by atoms with Gasteiger partial charge < -0.3 is 10.6 Å². The van der Waals surface area contributed by atoms with E-state index < -0.39 is 0 Å². The molecule has 0 spiro atoms. The molecule has 0 unspecified atom stereocenters. The van der Waals surface area contributed by atoms with E-state index in [1.807, 2.05) is 12.3 Å². The second-order valence-corrected chi connectivity index (χ2v) is 6.18. The van der Waals surface area contributed by atoms with Crippen LogP contribution in [0, 0.1) is 0 Å². The first-order valence-corrected chi connectivity index (χ1v) is 8.41. The molecule has 1 aromatic rings. The number of allylic oxidation sites excluding steroid dienone is 1. The number of nitrogens with one attached hydrogen (secondary N) is 2. The van der Waals surface area contributed by atoms with E-state index in [2.05, 4.69) is 26.7 Å². The average molecular weight is 286 g/mol. The molecule has 2 aliphatic rings. The fraction of sp³-hybridized carbons (Fsp3) is 0.647. The fourth-order valence-electron chi connectivity index (χ4n) is 3.27. The molecule has 0 saturated heterocycles. The summed E-state index contributed by atoms with van der Waals surface area (Å²) in [6, 6.07) is 2.56. The van der Waals surface area contributed by atoms with Gasteiger partial charge in [-0.15, -0.1) is 0 Å². The van der Waals surface area contributed by atoms with E-state index in [4.69, 9.17) is 0 Å². The summed E-state index contributed by atoms with van der Waals surface area (Å²) in [6.45, 7) is 0.929. The summed E-state index contributed by atoms with van der Waals surface area (Å²) in [5.41, 5.74) is 1.59. The van der Waals surface area contributed by atoms with Gasteiger partial charge in [0.15, 0.2) is 0 Å². The van der Waals surface area contributed by atoms with E-state index >= 15 is 0 Å². The van der Waals surface area contributed by atoms with Crippen molar-refractivity contribution in [2.24, 2.45) is 0 Å². The highest BCUT2D eigenvalue weighted by Gasteiger charge is 2.15. The zero-order chi connectivity index (χ0) is 14.3. The van der Waals surface area contributed by atoms with E-state index in [9.17, 15) is 0 Å². The number of anilines is 2. The van der Waals surface area contributed by atoms with Crippen molar-refractivity contribution in [1.29, 1.82) is 0 Å². The van der Waals surface area contributed by atoms with Gasteiger partial charge in [0.1, 0.15) is 5.82 Å². The maximum atomic E-state index is 4.57. The van der Waals surface area contributed by atoms with Crippen LogP contribution in [0.25, 0.3) is 0 Å². The molecular formula is C17H26N4. The SMILES string of the molecule is C1=C(CCNc2nccc(NC3CCCC3)n2)CCCC1. The Labute approximate surface area is 127 Å². The largest absolute Gasteiger partial charge is 0.367 e. The monoisotopic (exact) mass is 286 g/mol. The van der Waals surface area contributed by atoms with E-state index in [0.717, 1.165) is 24.7 Å². The van der Waals surface area contributed by atoms with Crippen molar-refractivity contribution in [1.82, 2.24) is 9.97 Å². The average Bonchev–Trinajstić information content (AvgIpc) is 3.02. The van der Waals surface area contributed by atoms with Crippen LogP contribution in [-0.4, -0.2) is 22.6 Å². The molecule has 2 N–H and O–H groups in total. The molecule has 114 valence electrons. The first-order chi connectivity index (χ1) is 10.4. The van der Waals surface area contributed by atoms with Crippen LogP contribution in [-0.2, 0) is 0 Å². The summed E-state index contributed by atoms with van der Waals surface area (Å²) in [4.78, 5) is 8.88. The van der Waals surface area contributed by atoms with Crippen LogP contribution in [0.4, 0.5) is 11.8 Å². The molecule has 0 bridgehead atoms. The Kier molecular flexibility index (Phi) is 5.08. The standard InChI is InChI=1S/C17H26N4/c1-2-6-14(7-3-1)10-12-18-17-19-13-11-16(21-17)20-15-8-4-5-9-15/h6,11,13,15H,1-5,7-10,12H2,(H2,18,19,20,21). The molecule has 4 nitrogen and oxygen atoms in total. The lowest BCUT2D eigenvalue weighted by Crippen LogP contribution is -2.16. The van der Waals surface area contributed by atoms with Crippen LogP contribution in [0.2, 0.25) is 0 Å². The van der Waals surface area contributed by atoms with Gasteiger partial charge in [-0.25, -0.2) is 4.98 Å². The van der Waals surface area contributed by atoms with Gasteiger partial charge >= 0.3 is 0 Å². The highest BCUT2D eigenvalue weighted by molar-refractivity contribution is 5.40. The normalized spacial score (nSPS) is 19.3. The molecule has 1 aromatic heterocycles. The minimum Gasteiger partial charge on any atom is -0.367 e. The van der Waals surface area contributed by atoms with E-state index in [0.29, 0.717) is 6.04 Å². The van der Waals surface area contributed by atoms with Crippen molar-refractivity contribution in [2.75, 3.05) is 17.2 Å². The summed E-state index contributed by atoms with van der Waals surface area (Å²) in [6.07, 6.45) is 15.8. The number of rotatable bonds is 6.